The highest BCUT2D eigenvalue weighted by Crippen LogP contribution is 2.29. The Morgan fingerprint density at radius 2 is 1.93 bits per heavy atom. The van der Waals surface area contributed by atoms with Gasteiger partial charge >= 0.3 is 5.97 Å². The van der Waals surface area contributed by atoms with E-state index in [9.17, 15) is 4.79 Å². The standard InChI is InChI=1S/C11H13NO2/c1-12(10-6-7-10)9-4-2-8(3-5-9)11(13)14/h2-5,10H,6-7H2,1H3,(H,13,14). The Labute approximate surface area is 83.0 Å². The summed E-state index contributed by atoms with van der Waals surface area (Å²) in [6.07, 6.45) is 2.49. The Bertz CT molecular complexity index is 341. The summed E-state index contributed by atoms with van der Waals surface area (Å²) < 4.78 is 0. The Kier molecular flexibility index (Phi) is 2.15. The van der Waals surface area contributed by atoms with Crippen LogP contribution in [0.4, 0.5) is 5.69 Å². The molecule has 1 aromatic carbocycles. The van der Waals surface area contributed by atoms with Crippen LogP contribution in [0, 0.1) is 0 Å². The average molecular weight is 191 g/mol. The van der Waals surface area contributed by atoms with Gasteiger partial charge in [-0.1, -0.05) is 0 Å². The summed E-state index contributed by atoms with van der Waals surface area (Å²) in [5.41, 5.74) is 1.44. The van der Waals surface area contributed by atoms with Gasteiger partial charge in [0.05, 0.1) is 5.56 Å². The van der Waals surface area contributed by atoms with E-state index in [1.54, 1.807) is 12.1 Å². The number of rotatable bonds is 3. The van der Waals surface area contributed by atoms with E-state index >= 15 is 0 Å². The third kappa shape index (κ3) is 1.71. The summed E-state index contributed by atoms with van der Waals surface area (Å²) in [6.45, 7) is 0. The molecule has 0 unspecified atom stereocenters. The molecule has 0 aliphatic heterocycles. The number of aromatic carboxylic acids is 1. The molecule has 1 N–H and O–H groups in total. The number of hydrogen-bond donors (Lipinski definition) is 1. The van der Waals surface area contributed by atoms with Gasteiger partial charge in [0.1, 0.15) is 0 Å². The first-order chi connectivity index (χ1) is 6.68. The molecule has 0 heterocycles. The van der Waals surface area contributed by atoms with Crippen LogP contribution in [0.15, 0.2) is 24.3 Å². The molecule has 1 aliphatic carbocycles. The fourth-order valence-electron chi connectivity index (χ4n) is 1.51. The van der Waals surface area contributed by atoms with Gasteiger partial charge in [0.2, 0.25) is 0 Å². The molecule has 1 saturated carbocycles. The first kappa shape index (κ1) is 9.06. The molecule has 74 valence electrons. The van der Waals surface area contributed by atoms with Crippen LogP contribution in [0.5, 0.6) is 0 Å². The van der Waals surface area contributed by atoms with Crippen LogP contribution in [0.3, 0.4) is 0 Å². The largest absolute Gasteiger partial charge is 0.478 e. The maximum absolute atomic E-state index is 10.6. The first-order valence-corrected chi connectivity index (χ1v) is 4.74. The summed E-state index contributed by atoms with van der Waals surface area (Å²) in [7, 11) is 2.05. The second-order valence-corrected chi connectivity index (χ2v) is 3.69. The zero-order chi connectivity index (χ0) is 10.1. The summed E-state index contributed by atoms with van der Waals surface area (Å²) in [5.74, 6) is -0.870. The van der Waals surface area contributed by atoms with Crippen molar-refractivity contribution in [3.63, 3.8) is 0 Å². The van der Waals surface area contributed by atoms with Crippen LogP contribution >= 0.6 is 0 Å². The summed E-state index contributed by atoms with van der Waals surface area (Å²) in [6, 6.07) is 7.68. The Morgan fingerprint density at radius 3 is 2.36 bits per heavy atom. The van der Waals surface area contributed by atoms with Gasteiger partial charge in [-0.3, -0.25) is 0 Å². The number of carboxylic acids is 1. The molecule has 0 amide bonds. The van der Waals surface area contributed by atoms with Gasteiger partial charge in [-0.05, 0) is 37.1 Å². The van der Waals surface area contributed by atoms with Gasteiger partial charge in [-0.2, -0.15) is 0 Å². The molecule has 0 spiro atoms. The third-order valence-electron chi connectivity index (χ3n) is 2.62. The van der Waals surface area contributed by atoms with Crippen molar-refractivity contribution in [2.75, 3.05) is 11.9 Å². The maximum Gasteiger partial charge on any atom is 0.335 e. The number of carbonyl (C=O) groups is 1. The van der Waals surface area contributed by atoms with Crippen molar-refractivity contribution in [1.29, 1.82) is 0 Å². The normalized spacial score (nSPS) is 15.2. The molecular weight excluding hydrogens is 178 g/mol. The van der Waals surface area contributed by atoms with Crippen molar-refractivity contribution in [2.45, 2.75) is 18.9 Å². The highest BCUT2D eigenvalue weighted by molar-refractivity contribution is 5.88. The molecular formula is C11H13NO2. The lowest BCUT2D eigenvalue weighted by atomic mass is 10.2. The van der Waals surface area contributed by atoms with E-state index in [4.69, 9.17) is 5.11 Å². The van der Waals surface area contributed by atoms with Crippen LogP contribution in [0.25, 0.3) is 0 Å². The van der Waals surface area contributed by atoms with Crippen LogP contribution in [0.1, 0.15) is 23.2 Å². The van der Waals surface area contributed by atoms with Crippen molar-refractivity contribution >= 4 is 11.7 Å². The minimum absolute atomic E-state index is 0.345. The number of benzene rings is 1. The second-order valence-electron chi connectivity index (χ2n) is 3.69. The van der Waals surface area contributed by atoms with Crippen molar-refractivity contribution in [3.8, 4) is 0 Å². The summed E-state index contributed by atoms with van der Waals surface area (Å²) >= 11 is 0. The van der Waals surface area contributed by atoms with E-state index in [2.05, 4.69) is 4.90 Å². The van der Waals surface area contributed by atoms with Gasteiger partial charge < -0.3 is 10.0 Å². The summed E-state index contributed by atoms with van der Waals surface area (Å²) in [4.78, 5) is 12.8. The van der Waals surface area contributed by atoms with E-state index in [-0.39, 0.29) is 0 Å². The Balaban J connectivity index is 2.16. The predicted molar refractivity (Wildman–Crippen MR) is 54.8 cm³/mol. The van der Waals surface area contributed by atoms with Crippen molar-refractivity contribution in [1.82, 2.24) is 0 Å². The van der Waals surface area contributed by atoms with E-state index in [1.165, 1.54) is 12.8 Å². The number of hydrogen-bond acceptors (Lipinski definition) is 2. The van der Waals surface area contributed by atoms with Crippen molar-refractivity contribution < 1.29 is 9.90 Å². The molecule has 2 rings (SSSR count). The first-order valence-electron chi connectivity index (χ1n) is 4.74. The fraction of sp³-hybridized carbons (Fsp3) is 0.364. The Hall–Kier alpha value is -1.51. The van der Waals surface area contributed by atoms with E-state index in [0.717, 1.165) is 5.69 Å². The molecule has 1 fully saturated rings. The fourth-order valence-corrected chi connectivity index (χ4v) is 1.51. The molecule has 0 aromatic heterocycles. The quantitative estimate of drug-likeness (QED) is 0.794. The van der Waals surface area contributed by atoms with E-state index in [0.29, 0.717) is 11.6 Å². The lowest BCUT2D eigenvalue weighted by Crippen LogP contribution is -2.19. The number of nitrogens with zero attached hydrogens (tertiary/aromatic N) is 1. The average Bonchev–Trinajstić information content (AvgIpc) is 3.00. The van der Waals surface area contributed by atoms with Gasteiger partial charge in [0, 0.05) is 18.8 Å². The SMILES string of the molecule is CN(c1ccc(C(=O)O)cc1)C1CC1. The van der Waals surface area contributed by atoms with Crippen LogP contribution in [-0.4, -0.2) is 24.2 Å². The van der Waals surface area contributed by atoms with Crippen LogP contribution < -0.4 is 4.90 Å². The molecule has 3 heteroatoms. The number of anilines is 1. The third-order valence-corrected chi connectivity index (χ3v) is 2.62. The zero-order valence-electron chi connectivity index (χ0n) is 8.10. The zero-order valence-corrected chi connectivity index (χ0v) is 8.10. The highest BCUT2D eigenvalue weighted by atomic mass is 16.4. The molecule has 0 bridgehead atoms. The number of carboxylic acid groups (broad SMARTS) is 1. The monoisotopic (exact) mass is 191 g/mol. The highest BCUT2D eigenvalue weighted by Gasteiger charge is 2.26. The van der Waals surface area contributed by atoms with Crippen LogP contribution in [-0.2, 0) is 0 Å². The molecule has 0 saturated heterocycles. The molecule has 3 nitrogen and oxygen atoms in total. The van der Waals surface area contributed by atoms with Gasteiger partial charge in [-0.15, -0.1) is 0 Å². The molecule has 1 aromatic rings. The molecule has 14 heavy (non-hydrogen) atoms. The topological polar surface area (TPSA) is 40.5 Å². The van der Waals surface area contributed by atoms with Gasteiger partial charge in [-0.25, -0.2) is 4.79 Å². The van der Waals surface area contributed by atoms with Crippen LogP contribution in [0.2, 0.25) is 0 Å². The lowest BCUT2D eigenvalue weighted by molar-refractivity contribution is 0.0697. The van der Waals surface area contributed by atoms with E-state index < -0.39 is 5.97 Å². The molecule has 0 radical (unpaired) electrons. The minimum atomic E-state index is -0.870. The minimum Gasteiger partial charge on any atom is -0.478 e. The predicted octanol–water partition coefficient (Wildman–Crippen LogP) is 1.98. The summed E-state index contributed by atoms with van der Waals surface area (Å²) in [5, 5.41) is 8.72. The van der Waals surface area contributed by atoms with E-state index in [1.807, 2.05) is 19.2 Å². The Morgan fingerprint density at radius 1 is 1.36 bits per heavy atom. The molecule has 0 atom stereocenters. The second kappa shape index (κ2) is 3.33. The molecule has 1 aliphatic rings. The maximum atomic E-state index is 10.6. The smallest absolute Gasteiger partial charge is 0.335 e. The lowest BCUT2D eigenvalue weighted by Gasteiger charge is -2.18. The van der Waals surface area contributed by atoms with Gasteiger partial charge in [0.15, 0.2) is 0 Å². The van der Waals surface area contributed by atoms with Gasteiger partial charge in [0.25, 0.3) is 0 Å². The van der Waals surface area contributed by atoms with Crippen molar-refractivity contribution in [3.05, 3.63) is 29.8 Å². The van der Waals surface area contributed by atoms with Crippen molar-refractivity contribution in [2.24, 2.45) is 0 Å².